The predicted molar refractivity (Wildman–Crippen MR) is 99.8 cm³/mol. The minimum atomic E-state index is -0.00739. The summed E-state index contributed by atoms with van der Waals surface area (Å²) in [4.78, 5) is 11.9. The highest BCUT2D eigenvalue weighted by molar-refractivity contribution is 9.10. The van der Waals surface area contributed by atoms with Crippen molar-refractivity contribution < 1.29 is 14.3 Å². The van der Waals surface area contributed by atoms with Crippen LogP contribution in [0.2, 0.25) is 0 Å². The zero-order valence-electron chi connectivity index (χ0n) is 14.0. The number of amides is 1. The minimum absolute atomic E-state index is 0.00739. The fourth-order valence-electron chi connectivity index (χ4n) is 2.17. The zero-order chi connectivity index (χ0) is 17.4. The van der Waals surface area contributed by atoms with E-state index in [1.165, 1.54) is 0 Å². The van der Waals surface area contributed by atoms with Crippen LogP contribution in [0, 0.1) is 6.92 Å². The summed E-state index contributed by atoms with van der Waals surface area (Å²) in [6.45, 7) is 5.09. The van der Waals surface area contributed by atoms with Gasteiger partial charge in [0.15, 0.2) is 0 Å². The smallest absolute Gasteiger partial charge is 0.224 e. The Bertz CT molecular complexity index is 671. The summed E-state index contributed by atoms with van der Waals surface area (Å²) in [7, 11) is 0. The minimum Gasteiger partial charge on any atom is -0.494 e. The van der Waals surface area contributed by atoms with Gasteiger partial charge in [-0.3, -0.25) is 4.79 Å². The lowest BCUT2D eigenvalue weighted by Gasteiger charge is -2.09. The summed E-state index contributed by atoms with van der Waals surface area (Å²) in [6, 6.07) is 13.2. The molecule has 0 aromatic heterocycles. The molecule has 0 aliphatic heterocycles. The van der Waals surface area contributed by atoms with Gasteiger partial charge in [0.05, 0.1) is 13.2 Å². The van der Waals surface area contributed by atoms with Gasteiger partial charge >= 0.3 is 0 Å². The molecule has 0 spiro atoms. The topological polar surface area (TPSA) is 47.6 Å². The molecule has 4 nitrogen and oxygen atoms in total. The van der Waals surface area contributed by atoms with Crippen molar-refractivity contribution >= 4 is 27.5 Å². The van der Waals surface area contributed by atoms with Gasteiger partial charge in [-0.1, -0.05) is 15.9 Å². The van der Waals surface area contributed by atoms with Crippen LogP contribution in [0.1, 0.15) is 25.3 Å². The normalized spacial score (nSPS) is 10.3. The monoisotopic (exact) mass is 391 g/mol. The molecule has 0 fully saturated rings. The fraction of sp³-hybridized carbons (Fsp3) is 0.316. The molecule has 1 N–H and O–H groups in total. The number of hydrogen-bond acceptors (Lipinski definition) is 3. The lowest BCUT2D eigenvalue weighted by Crippen LogP contribution is -2.12. The molecule has 128 valence electrons. The van der Waals surface area contributed by atoms with Crippen LogP contribution < -0.4 is 14.8 Å². The van der Waals surface area contributed by atoms with Crippen LogP contribution in [0.3, 0.4) is 0 Å². The van der Waals surface area contributed by atoms with E-state index in [1.807, 2.05) is 56.3 Å². The van der Waals surface area contributed by atoms with Gasteiger partial charge in [0.1, 0.15) is 11.5 Å². The Morgan fingerprint density at radius 2 is 1.75 bits per heavy atom. The largest absolute Gasteiger partial charge is 0.494 e. The third-order valence-electron chi connectivity index (χ3n) is 3.39. The van der Waals surface area contributed by atoms with Crippen LogP contribution in [0.15, 0.2) is 46.9 Å². The van der Waals surface area contributed by atoms with Gasteiger partial charge in [0.2, 0.25) is 5.91 Å². The lowest BCUT2D eigenvalue weighted by atomic mass is 10.2. The van der Waals surface area contributed by atoms with Gasteiger partial charge < -0.3 is 14.8 Å². The number of anilines is 1. The first-order valence-electron chi connectivity index (χ1n) is 8.00. The Labute approximate surface area is 151 Å². The summed E-state index contributed by atoms with van der Waals surface area (Å²) in [5.41, 5.74) is 1.90. The zero-order valence-corrected chi connectivity index (χ0v) is 15.6. The molecule has 0 bridgehead atoms. The molecule has 0 atom stereocenters. The van der Waals surface area contributed by atoms with Gasteiger partial charge in [-0.2, -0.15) is 0 Å². The van der Waals surface area contributed by atoms with Crippen molar-refractivity contribution in [3.05, 3.63) is 52.5 Å². The van der Waals surface area contributed by atoms with Crippen molar-refractivity contribution in [3.8, 4) is 11.5 Å². The predicted octanol–water partition coefficient (Wildman–Crippen LogP) is 4.95. The Morgan fingerprint density at radius 3 is 2.38 bits per heavy atom. The molecule has 2 rings (SSSR count). The number of carbonyl (C=O) groups excluding carboxylic acids is 1. The van der Waals surface area contributed by atoms with Gasteiger partial charge in [-0.25, -0.2) is 0 Å². The van der Waals surface area contributed by atoms with E-state index in [-0.39, 0.29) is 5.91 Å². The Balaban J connectivity index is 1.69. The van der Waals surface area contributed by atoms with E-state index in [4.69, 9.17) is 9.47 Å². The molecule has 0 aliphatic carbocycles. The highest BCUT2D eigenvalue weighted by atomic mass is 79.9. The molecule has 2 aromatic carbocycles. The lowest BCUT2D eigenvalue weighted by molar-refractivity contribution is -0.116. The van der Waals surface area contributed by atoms with Gasteiger partial charge in [0, 0.05) is 16.6 Å². The fourth-order valence-corrected chi connectivity index (χ4v) is 2.41. The first-order valence-corrected chi connectivity index (χ1v) is 8.79. The molecule has 24 heavy (non-hydrogen) atoms. The van der Waals surface area contributed by atoms with Crippen molar-refractivity contribution in [2.75, 3.05) is 18.5 Å². The molecule has 0 radical (unpaired) electrons. The van der Waals surface area contributed by atoms with E-state index in [9.17, 15) is 4.79 Å². The summed E-state index contributed by atoms with van der Waals surface area (Å²) in [5, 5.41) is 2.90. The highest BCUT2D eigenvalue weighted by Crippen LogP contribution is 2.20. The van der Waals surface area contributed by atoms with Crippen LogP contribution >= 0.6 is 15.9 Å². The molecule has 0 saturated carbocycles. The highest BCUT2D eigenvalue weighted by Gasteiger charge is 2.04. The van der Waals surface area contributed by atoms with Crippen LogP contribution in [-0.2, 0) is 4.79 Å². The maximum Gasteiger partial charge on any atom is 0.224 e. The Kier molecular flexibility index (Phi) is 7.12. The molecule has 2 aromatic rings. The maximum atomic E-state index is 11.9. The molecular weight excluding hydrogens is 370 g/mol. The number of halogens is 1. The molecule has 0 unspecified atom stereocenters. The van der Waals surface area contributed by atoms with Crippen molar-refractivity contribution in [2.24, 2.45) is 0 Å². The first kappa shape index (κ1) is 18.3. The average Bonchev–Trinajstić information content (AvgIpc) is 2.57. The van der Waals surface area contributed by atoms with Crippen molar-refractivity contribution in [1.82, 2.24) is 0 Å². The van der Waals surface area contributed by atoms with E-state index in [1.54, 1.807) is 0 Å². The first-order chi connectivity index (χ1) is 11.6. The second-order valence-corrected chi connectivity index (χ2v) is 6.22. The maximum absolute atomic E-state index is 11.9. The average molecular weight is 392 g/mol. The quantitative estimate of drug-likeness (QED) is 0.647. The number of aryl methyl sites for hydroxylation is 1. The number of rotatable bonds is 8. The number of nitrogens with one attached hydrogen (secondary N) is 1. The van der Waals surface area contributed by atoms with Crippen molar-refractivity contribution in [3.63, 3.8) is 0 Å². The molecule has 1 amide bonds. The third kappa shape index (κ3) is 5.89. The van der Waals surface area contributed by atoms with Crippen LogP contribution in [0.5, 0.6) is 11.5 Å². The van der Waals surface area contributed by atoms with E-state index < -0.39 is 0 Å². The van der Waals surface area contributed by atoms with E-state index in [0.717, 1.165) is 27.2 Å². The molecule has 5 heteroatoms. The Morgan fingerprint density at radius 1 is 1.08 bits per heavy atom. The summed E-state index contributed by atoms with van der Waals surface area (Å²) >= 11 is 3.44. The van der Waals surface area contributed by atoms with Gasteiger partial charge in [-0.15, -0.1) is 0 Å². The number of benzene rings is 2. The second kappa shape index (κ2) is 9.33. The summed E-state index contributed by atoms with van der Waals surface area (Å²) in [5.74, 6) is 1.60. The number of hydrogen-bond donors (Lipinski definition) is 1. The third-order valence-corrected chi connectivity index (χ3v) is 4.28. The Hall–Kier alpha value is -2.01. The van der Waals surface area contributed by atoms with Crippen LogP contribution in [-0.4, -0.2) is 19.1 Å². The molecule has 0 saturated heterocycles. The van der Waals surface area contributed by atoms with E-state index >= 15 is 0 Å². The van der Waals surface area contributed by atoms with E-state index in [0.29, 0.717) is 26.1 Å². The SMILES string of the molecule is CCOc1ccc(OCCCC(=O)Nc2ccc(Br)c(C)c2)cc1. The number of ether oxygens (including phenoxy) is 2. The molecular formula is C19H22BrNO3. The molecule has 0 aliphatic rings. The summed E-state index contributed by atoms with van der Waals surface area (Å²) < 4.78 is 12.0. The van der Waals surface area contributed by atoms with Crippen molar-refractivity contribution in [2.45, 2.75) is 26.7 Å². The summed E-state index contributed by atoms with van der Waals surface area (Å²) in [6.07, 6.45) is 1.08. The standard InChI is InChI=1S/C19H22BrNO3/c1-3-23-16-7-9-17(10-8-16)24-12-4-5-19(22)21-15-6-11-18(20)14(2)13-15/h6-11,13H,3-5,12H2,1-2H3,(H,21,22). The van der Waals surface area contributed by atoms with E-state index in [2.05, 4.69) is 21.2 Å². The molecule has 0 heterocycles. The second-order valence-electron chi connectivity index (χ2n) is 5.37. The van der Waals surface area contributed by atoms with Crippen LogP contribution in [0.4, 0.5) is 5.69 Å². The van der Waals surface area contributed by atoms with Crippen molar-refractivity contribution in [1.29, 1.82) is 0 Å². The van der Waals surface area contributed by atoms with Crippen LogP contribution in [0.25, 0.3) is 0 Å². The van der Waals surface area contributed by atoms with Gasteiger partial charge in [-0.05, 0) is 68.3 Å². The van der Waals surface area contributed by atoms with Gasteiger partial charge in [0.25, 0.3) is 0 Å². The number of carbonyl (C=O) groups is 1.